The van der Waals surface area contributed by atoms with E-state index in [0.717, 1.165) is 5.56 Å². The summed E-state index contributed by atoms with van der Waals surface area (Å²) in [6.45, 7) is 1.68. The van der Waals surface area contributed by atoms with Gasteiger partial charge in [-0.1, -0.05) is 24.3 Å². The molecule has 2 aromatic rings. The largest absolute Gasteiger partial charge is 0.365 e. The van der Waals surface area contributed by atoms with Gasteiger partial charge in [-0.15, -0.1) is 0 Å². The molecule has 0 aliphatic rings. The molecule has 0 amide bonds. The summed E-state index contributed by atoms with van der Waals surface area (Å²) in [6, 6.07) is 14.3. The van der Waals surface area contributed by atoms with Crippen molar-refractivity contribution in [2.45, 2.75) is 18.9 Å². The number of para-hydroxylation sites is 1. The average Bonchev–Trinajstić information content (AvgIpc) is 2.44. The summed E-state index contributed by atoms with van der Waals surface area (Å²) in [5.74, 6) is -0.734. The first-order valence-corrected chi connectivity index (χ1v) is 6.21. The Hall–Kier alpha value is -2.41. The molecule has 0 aliphatic carbocycles. The minimum absolute atomic E-state index is 0.277. The van der Waals surface area contributed by atoms with E-state index in [1.807, 2.05) is 0 Å². The third-order valence-electron chi connectivity index (χ3n) is 3.00. The SMILES string of the molecule is CC(C#N)(Cc1ccc(F)cc1)Nc1ccccc1F. The smallest absolute Gasteiger partial charge is 0.146 e. The van der Waals surface area contributed by atoms with Gasteiger partial charge in [0.1, 0.15) is 17.2 Å². The van der Waals surface area contributed by atoms with Crippen LogP contribution in [0.2, 0.25) is 0 Å². The molecule has 102 valence electrons. The van der Waals surface area contributed by atoms with Gasteiger partial charge in [0.05, 0.1) is 11.8 Å². The van der Waals surface area contributed by atoms with Gasteiger partial charge in [0, 0.05) is 6.42 Å². The van der Waals surface area contributed by atoms with Crippen LogP contribution in [0, 0.1) is 23.0 Å². The molecule has 0 saturated heterocycles. The lowest BCUT2D eigenvalue weighted by Crippen LogP contribution is -2.35. The van der Waals surface area contributed by atoms with Crippen molar-refractivity contribution >= 4 is 5.69 Å². The molecule has 0 aliphatic heterocycles. The number of benzene rings is 2. The lowest BCUT2D eigenvalue weighted by atomic mass is 9.94. The fourth-order valence-electron chi connectivity index (χ4n) is 1.98. The first-order chi connectivity index (χ1) is 9.52. The molecule has 2 nitrogen and oxygen atoms in total. The standard InChI is InChI=1S/C16H14F2N2/c1-16(11-19,10-12-6-8-13(17)9-7-12)20-15-5-3-2-4-14(15)18/h2-9,20H,10H2,1H3. The van der Waals surface area contributed by atoms with Crippen LogP contribution in [0.5, 0.6) is 0 Å². The highest BCUT2D eigenvalue weighted by Gasteiger charge is 2.25. The Kier molecular flexibility index (Phi) is 3.99. The number of nitrogens with zero attached hydrogens (tertiary/aromatic N) is 1. The molecule has 0 aromatic heterocycles. The Labute approximate surface area is 116 Å². The van der Waals surface area contributed by atoms with Gasteiger partial charge in [-0.3, -0.25) is 0 Å². The van der Waals surface area contributed by atoms with Crippen LogP contribution in [0.4, 0.5) is 14.5 Å². The maximum absolute atomic E-state index is 13.6. The van der Waals surface area contributed by atoms with Crippen LogP contribution in [-0.2, 0) is 6.42 Å². The van der Waals surface area contributed by atoms with E-state index in [9.17, 15) is 14.0 Å². The first-order valence-electron chi connectivity index (χ1n) is 6.21. The normalized spacial score (nSPS) is 13.3. The van der Waals surface area contributed by atoms with Crippen molar-refractivity contribution in [2.24, 2.45) is 0 Å². The van der Waals surface area contributed by atoms with Gasteiger partial charge >= 0.3 is 0 Å². The first kappa shape index (κ1) is 14.0. The Morgan fingerprint density at radius 1 is 1.10 bits per heavy atom. The predicted molar refractivity (Wildman–Crippen MR) is 74.1 cm³/mol. The number of anilines is 1. The number of rotatable bonds is 4. The molecule has 2 rings (SSSR count). The minimum Gasteiger partial charge on any atom is -0.365 e. The maximum Gasteiger partial charge on any atom is 0.146 e. The minimum atomic E-state index is -0.972. The second-order valence-corrected chi connectivity index (χ2v) is 4.85. The zero-order valence-electron chi connectivity index (χ0n) is 11.0. The molecular formula is C16H14F2N2. The van der Waals surface area contributed by atoms with E-state index in [1.165, 1.54) is 18.2 Å². The quantitative estimate of drug-likeness (QED) is 0.916. The molecule has 1 N–H and O–H groups in total. The summed E-state index contributed by atoms with van der Waals surface area (Å²) in [5, 5.41) is 12.3. The Morgan fingerprint density at radius 3 is 2.35 bits per heavy atom. The summed E-state index contributed by atoms with van der Waals surface area (Å²) < 4.78 is 26.5. The molecule has 1 unspecified atom stereocenters. The average molecular weight is 272 g/mol. The zero-order chi connectivity index (χ0) is 14.6. The molecule has 1 atom stereocenters. The fourth-order valence-corrected chi connectivity index (χ4v) is 1.98. The van der Waals surface area contributed by atoms with Gasteiger partial charge in [-0.25, -0.2) is 8.78 Å². The van der Waals surface area contributed by atoms with E-state index in [0.29, 0.717) is 6.42 Å². The number of hydrogen-bond donors (Lipinski definition) is 1. The molecule has 0 heterocycles. The van der Waals surface area contributed by atoms with Crippen LogP contribution in [0.25, 0.3) is 0 Å². The van der Waals surface area contributed by atoms with Crippen molar-refractivity contribution in [3.05, 3.63) is 65.7 Å². The van der Waals surface area contributed by atoms with Gasteiger partial charge in [0.15, 0.2) is 0 Å². The molecule has 2 aromatic carbocycles. The Bertz CT molecular complexity index is 632. The van der Waals surface area contributed by atoms with Crippen molar-refractivity contribution in [3.63, 3.8) is 0 Å². The zero-order valence-corrected chi connectivity index (χ0v) is 11.0. The highest BCUT2D eigenvalue weighted by atomic mass is 19.1. The lowest BCUT2D eigenvalue weighted by molar-refractivity contribution is 0.602. The summed E-state index contributed by atoms with van der Waals surface area (Å²) in [6.07, 6.45) is 0.345. The summed E-state index contributed by atoms with van der Waals surface area (Å²) in [4.78, 5) is 0. The van der Waals surface area contributed by atoms with Gasteiger partial charge in [0.2, 0.25) is 0 Å². The molecule has 0 fully saturated rings. The van der Waals surface area contributed by atoms with E-state index in [-0.39, 0.29) is 11.5 Å². The molecule has 4 heteroatoms. The highest BCUT2D eigenvalue weighted by Crippen LogP contribution is 2.22. The van der Waals surface area contributed by atoms with Crippen molar-refractivity contribution < 1.29 is 8.78 Å². The van der Waals surface area contributed by atoms with Crippen LogP contribution in [-0.4, -0.2) is 5.54 Å². The van der Waals surface area contributed by atoms with Crippen LogP contribution in [0.3, 0.4) is 0 Å². The van der Waals surface area contributed by atoms with E-state index in [4.69, 9.17) is 0 Å². The van der Waals surface area contributed by atoms with Gasteiger partial charge in [-0.2, -0.15) is 5.26 Å². The molecule has 0 saturated carbocycles. The van der Waals surface area contributed by atoms with Gasteiger partial charge in [0.25, 0.3) is 0 Å². The number of nitrogens with one attached hydrogen (secondary N) is 1. The number of hydrogen-bond acceptors (Lipinski definition) is 2. The van der Waals surface area contributed by atoms with Crippen molar-refractivity contribution in [3.8, 4) is 6.07 Å². The van der Waals surface area contributed by atoms with Crippen LogP contribution in [0.1, 0.15) is 12.5 Å². The Balaban J connectivity index is 2.19. The van der Waals surface area contributed by atoms with Gasteiger partial charge in [-0.05, 0) is 36.8 Å². The second kappa shape index (κ2) is 5.70. The molecular weight excluding hydrogens is 258 g/mol. The monoisotopic (exact) mass is 272 g/mol. The molecule has 0 bridgehead atoms. The molecule has 0 spiro atoms. The van der Waals surface area contributed by atoms with Crippen molar-refractivity contribution in [1.82, 2.24) is 0 Å². The lowest BCUT2D eigenvalue weighted by Gasteiger charge is -2.25. The van der Waals surface area contributed by atoms with E-state index >= 15 is 0 Å². The third kappa shape index (κ3) is 3.33. The highest BCUT2D eigenvalue weighted by molar-refractivity contribution is 5.49. The van der Waals surface area contributed by atoms with Gasteiger partial charge < -0.3 is 5.32 Å². The van der Waals surface area contributed by atoms with E-state index in [2.05, 4.69) is 11.4 Å². The Morgan fingerprint density at radius 2 is 1.75 bits per heavy atom. The predicted octanol–water partition coefficient (Wildman–Crippen LogP) is 3.90. The summed E-state index contributed by atoms with van der Waals surface area (Å²) >= 11 is 0. The van der Waals surface area contributed by atoms with Crippen molar-refractivity contribution in [2.75, 3.05) is 5.32 Å². The molecule has 0 radical (unpaired) electrons. The summed E-state index contributed by atoms with van der Waals surface area (Å²) in [7, 11) is 0. The third-order valence-corrected chi connectivity index (χ3v) is 3.00. The van der Waals surface area contributed by atoms with Crippen LogP contribution >= 0.6 is 0 Å². The summed E-state index contributed by atoms with van der Waals surface area (Å²) in [5.41, 5.74) is 0.109. The maximum atomic E-state index is 13.6. The number of nitriles is 1. The topological polar surface area (TPSA) is 35.8 Å². The van der Waals surface area contributed by atoms with Crippen LogP contribution in [0.15, 0.2) is 48.5 Å². The van der Waals surface area contributed by atoms with Crippen molar-refractivity contribution in [1.29, 1.82) is 5.26 Å². The van der Waals surface area contributed by atoms with E-state index in [1.54, 1.807) is 37.3 Å². The van der Waals surface area contributed by atoms with E-state index < -0.39 is 11.4 Å². The second-order valence-electron chi connectivity index (χ2n) is 4.85. The molecule has 20 heavy (non-hydrogen) atoms. The van der Waals surface area contributed by atoms with Crippen LogP contribution < -0.4 is 5.32 Å². The number of halogens is 2. The fraction of sp³-hybridized carbons (Fsp3) is 0.188.